The molecular formula is C15H13ClF3N3O. The number of hydrazone groups is 1. The van der Waals surface area contributed by atoms with Crippen LogP contribution >= 0.6 is 0 Å². The highest BCUT2D eigenvalue weighted by atomic mass is 35.5. The Morgan fingerprint density at radius 1 is 1.13 bits per heavy atom. The van der Waals surface area contributed by atoms with Crippen LogP contribution in [0.15, 0.2) is 60.0 Å². The molecule has 0 aliphatic heterocycles. The zero-order valence-electron chi connectivity index (χ0n) is 11.8. The zero-order chi connectivity index (χ0) is 16.0. The van der Waals surface area contributed by atoms with Crippen molar-refractivity contribution in [1.29, 1.82) is 0 Å². The highest BCUT2D eigenvalue weighted by Gasteiger charge is 2.29. The molecule has 0 saturated heterocycles. The summed E-state index contributed by atoms with van der Waals surface area (Å²) in [5.41, 5.74) is 2.04. The van der Waals surface area contributed by atoms with Crippen LogP contribution < -0.4 is 22.4 Å². The lowest BCUT2D eigenvalue weighted by Gasteiger charge is -2.05. The maximum atomic E-state index is 12.4. The topological polar surface area (TPSA) is 45.3 Å². The van der Waals surface area contributed by atoms with Gasteiger partial charge in [0.25, 0.3) is 0 Å². The molecule has 4 nitrogen and oxygen atoms in total. The molecule has 0 aliphatic carbocycles. The average molecular weight is 344 g/mol. The molecule has 0 aliphatic rings. The van der Waals surface area contributed by atoms with Crippen molar-refractivity contribution < 1.29 is 34.9 Å². The van der Waals surface area contributed by atoms with E-state index in [1.165, 1.54) is 18.3 Å². The van der Waals surface area contributed by atoms with Crippen molar-refractivity contribution in [3.63, 3.8) is 0 Å². The van der Waals surface area contributed by atoms with Crippen LogP contribution in [0.2, 0.25) is 0 Å². The van der Waals surface area contributed by atoms with E-state index < -0.39 is 11.7 Å². The van der Waals surface area contributed by atoms with Gasteiger partial charge in [0.05, 0.1) is 11.8 Å². The van der Waals surface area contributed by atoms with Gasteiger partial charge in [0.15, 0.2) is 12.4 Å². The van der Waals surface area contributed by atoms with E-state index in [1.807, 2.05) is 6.07 Å². The molecule has 2 aromatic rings. The van der Waals surface area contributed by atoms with Gasteiger partial charge in [-0.2, -0.15) is 22.8 Å². The SMILES string of the molecule is O=C(C[n+]1ccccc1)N/N=C/c1ccc(C(F)(F)F)cc1.[Cl-]. The summed E-state index contributed by atoms with van der Waals surface area (Å²) < 4.78 is 38.8. The number of halogens is 4. The molecule has 0 bridgehead atoms. The third kappa shape index (κ3) is 6.07. The van der Waals surface area contributed by atoms with Crippen molar-refractivity contribution in [2.24, 2.45) is 5.10 Å². The number of alkyl halides is 3. The number of hydrogen-bond donors (Lipinski definition) is 1. The molecule has 0 spiro atoms. The van der Waals surface area contributed by atoms with Crippen LogP contribution in [-0.2, 0) is 17.5 Å². The lowest BCUT2D eigenvalue weighted by molar-refractivity contribution is -0.684. The summed E-state index contributed by atoms with van der Waals surface area (Å²) in [7, 11) is 0. The minimum Gasteiger partial charge on any atom is -1.00 e. The van der Waals surface area contributed by atoms with Crippen LogP contribution in [0.4, 0.5) is 13.2 Å². The number of nitrogens with one attached hydrogen (secondary N) is 1. The molecule has 0 unspecified atom stereocenters. The van der Waals surface area contributed by atoms with Crippen LogP contribution in [0.1, 0.15) is 11.1 Å². The molecule has 0 saturated carbocycles. The van der Waals surface area contributed by atoms with Crippen LogP contribution in [0.5, 0.6) is 0 Å². The van der Waals surface area contributed by atoms with Gasteiger partial charge in [-0.05, 0) is 17.7 Å². The van der Waals surface area contributed by atoms with E-state index in [-0.39, 0.29) is 24.9 Å². The molecule has 0 atom stereocenters. The zero-order valence-corrected chi connectivity index (χ0v) is 12.6. The van der Waals surface area contributed by atoms with Gasteiger partial charge in [-0.25, -0.2) is 5.43 Å². The number of benzene rings is 1. The van der Waals surface area contributed by atoms with Gasteiger partial charge in [-0.3, -0.25) is 4.79 Å². The van der Waals surface area contributed by atoms with Crippen molar-refractivity contribution in [3.05, 3.63) is 66.0 Å². The molecule has 122 valence electrons. The van der Waals surface area contributed by atoms with Crippen molar-refractivity contribution in [1.82, 2.24) is 5.43 Å². The Balaban J connectivity index is 0.00000264. The molecular weight excluding hydrogens is 331 g/mol. The van der Waals surface area contributed by atoms with Gasteiger partial charge in [0.1, 0.15) is 0 Å². The molecule has 0 radical (unpaired) electrons. The summed E-state index contributed by atoms with van der Waals surface area (Å²) in [5.74, 6) is -0.334. The van der Waals surface area contributed by atoms with Gasteiger partial charge in [-0.1, -0.05) is 18.2 Å². The van der Waals surface area contributed by atoms with Gasteiger partial charge < -0.3 is 12.4 Å². The minimum absolute atomic E-state index is 0. The summed E-state index contributed by atoms with van der Waals surface area (Å²) >= 11 is 0. The third-order valence-electron chi connectivity index (χ3n) is 2.74. The van der Waals surface area contributed by atoms with Crippen molar-refractivity contribution in [3.8, 4) is 0 Å². The maximum absolute atomic E-state index is 12.4. The lowest BCUT2D eigenvalue weighted by Crippen LogP contribution is -3.00. The second-order valence-corrected chi connectivity index (χ2v) is 4.46. The number of carbonyl (C=O) groups is 1. The number of nitrogens with zero attached hydrogens (tertiary/aromatic N) is 2. The molecule has 1 heterocycles. The number of amides is 1. The maximum Gasteiger partial charge on any atom is 0.416 e. The molecule has 1 aromatic heterocycles. The Labute approximate surface area is 137 Å². The number of rotatable bonds is 4. The smallest absolute Gasteiger partial charge is 0.416 e. The van der Waals surface area contributed by atoms with E-state index in [9.17, 15) is 18.0 Å². The molecule has 1 N–H and O–H groups in total. The summed E-state index contributed by atoms with van der Waals surface area (Å²) in [6, 6.07) is 9.90. The van der Waals surface area contributed by atoms with Crippen molar-refractivity contribution in [2.45, 2.75) is 12.7 Å². The molecule has 0 fully saturated rings. The fourth-order valence-corrected chi connectivity index (χ4v) is 1.68. The fourth-order valence-electron chi connectivity index (χ4n) is 1.68. The number of carbonyl (C=O) groups excluding carboxylic acids is 1. The standard InChI is InChI=1S/C15H12F3N3O.ClH/c16-15(17,18)13-6-4-12(5-7-13)10-19-20-14(22)11-21-8-2-1-3-9-21;/h1-10H,11H2;1H/b19-10+;. The predicted octanol–water partition coefficient (Wildman–Crippen LogP) is -0.853. The summed E-state index contributed by atoms with van der Waals surface area (Å²) in [4.78, 5) is 11.6. The van der Waals surface area contributed by atoms with E-state index in [4.69, 9.17) is 0 Å². The summed E-state index contributed by atoms with van der Waals surface area (Å²) in [6.07, 6.45) is 0.392. The largest absolute Gasteiger partial charge is 1.00 e. The molecule has 23 heavy (non-hydrogen) atoms. The molecule has 2 rings (SSSR count). The number of hydrogen-bond acceptors (Lipinski definition) is 2. The molecule has 1 amide bonds. The van der Waals surface area contributed by atoms with Gasteiger partial charge in [-0.15, -0.1) is 0 Å². The van der Waals surface area contributed by atoms with Crippen molar-refractivity contribution in [2.75, 3.05) is 0 Å². The van der Waals surface area contributed by atoms with Gasteiger partial charge >= 0.3 is 12.1 Å². The second kappa shape index (κ2) is 8.28. The Hall–Kier alpha value is -2.41. The van der Waals surface area contributed by atoms with Crippen LogP contribution in [0.3, 0.4) is 0 Å². The lowest BCUT2D eigenvalue weighted by atomic mass is 10.1. The third-order valence-corrected chi connectivity index (χ3v) is 2.74. The average Bonchev–Trinajstić information content (AvgIpc) is 2.48. The quantitative estimate of drug-likeness (QED) is 0.439. The van der Waals surface area contributed by atoms with E-state index in [0.29, 0.717) is 5.56 Å². The highest BCUT2D eigenvalue weighted by molar-refractivity contribution is 5.82. The first-order chi connectivity index (χ1) is 10.4. The number of pyridine rings is 1. The Kier molecular flexibility index (Phi) is 6.71. The number of aromatic nitrogens is 1. The van der Waals surface area contributed by atoms with Crippen LogP contribution in [-0.4, -0.2) is 12.1 Å². The molecule has 1 aromatic carbocycles. The normalized spacial score (nSPS) is 11.1. The minimum atomic E-state index is -4.36. The first-order valence-electron chi connectivity index (χ1n) is 6.38. The van der Waals surface area contributed by atoms with E-state index in [0.717, 1.165) is 12.1 Å². The van der Waals surface area contributed by atoms with Gasteiger partial charge in [0, 0.05) is 12.1 Å². The molecule has 8 heteroatoms. The predicted molar refractivity (Wildman–Crippen MR) is 73.8 cm³/mol. The first-order valence-corrected chi connectivity index (χ1v) is 6.38. The van der Waals surface area contributed by atoms with Crippen LogP contribution in [0, 0.1) is 0 Å². The second-order valence-electron chi connectivity index (χ2n) is 4.46. The summed E-state index contributed by atoms with van der Waals surface area (Å²) in [5, 5.41) is 3.71. The summed E-state index contributed by atoms with van der Waals surface area (Å²) in [6.45, 7) is 0.102. The van der Waals surface area contributed by atoms with E-state index >= 15 is 0 Å². The van der Waals surface area contributed by atoms with E-state index in [1.54, 1.807) is 29.1 Å². The Morgan fingerprint density at radius 2 is 1.74 bits per heavy atom. The Morgan fingerprint density at radius 3 is 2.30 bits per heavy atom. The Bertz CT molecular complexity index is 658. The van der Waals surface area contributed by atoms with Crippen molar-refractivity contribution >= 4 is 12.1 Å². The van der Waals surface area contributed by atoms with E-state index in [2.05, 4.69) is 10.5 Å². The highest BCUT2D eigenvalue weighted by Crippen LogP contribution is 2.28. The van der Waals surface area contributed by atoms with Gasteiger partial charge in [0.2, 0.25) is 6.54 Å². The first kappa shape index (κ1) is 18.6. The van der Waals surface area contributed by atoms with Crippen LogP contribution in [0.25, 0.3) is 0 Å². The fraction of sp³-hybridized carbons (Fsp3) is 0.133. The monoisotopic (exact) mass is 343 g/mol.